The fourth-order valence-corrected chi connectivity index (χ4v) is 2.75. The molecule has 4 rings (SSSR count). The van der Waals surface area contributed by atoms with E-state index in [1.54, 1.807) is 0 Å². The Balaban J connectivity index is 1.42. The van der Waals surface area contributed by atoms with Gasteiger partial charge in [0.2, 0.25) is 0 Å². The highest BCUT2D eigenvalue weighted by Gasteiger charge is 2.37. The minimum atomic E-state index is 0.0750. The van der Waals surface area contributed by atoms with E-state index in [0.717, 1.165) is 37.8 Å². The van der Waals surface area contributed by atoms with Gasteiger partial charge < -0.3 is 15.1 Å². The molecule has 0 atom stereocenters. The van der Waals surface area contributed by atoms with Gasteiger partial charge in [0.15, 0.2) is 0 Å². The van der Waals surface area contributed by atoms with Gasteiger partial charge in [-0.25, -0.2) is 14.8 Å². The van der Waals surface area contributed by atoms with Crippen molar-refractivity contribution in [3.63, 3.8) is 0 Å². The molecule has 0 aromatic carbocycles. The van der Waals surface area contributed by atoms with Gasteiger partial charge in [-0.2, -0.15) is 0 Å². The molecule has 3 heterocycles. The van der Waals surface area contributed by atoms with Crippen LogP contribution in [0.1, 0.15) is 24.6 Å². The van der Waals surface area contributed by atoms with Gasteiger partial charge in [0.1, 0.15) is 11.6 Å². The normalized spacial score (nSPS) is 23.5. The van der Waals surface area contributed by atoms with Gasteiger partial charge in [-0.05, 0) is 18.9 Å². The van der Waals surface area contributed by atoms with E-state index in [1.165, 1.54) is 12.8 Å². The third-order valence-electron chi connectivity index (χ3n) is 4.12. The van der Waals surface area contributed by atoms with Crippen molar-refractivity contribution in [1.82, 2.24) is 20.2 Å². The molecule has 3 fully saturated rings. The highest BCUT2D eigenvalue weighted by Crippen LogP contribution is 2.38. The summed E-state index contributed by atoms with van der Waals surface area (Å²) in [5.41, 5.74) is 0. The number of nitrogens with one attached hydrogen (secondary N) is 1. The third-order valence-corrected chi connectivity index (χ3v) is 4.12. The van der Waals surface area contributed by atoms with Gasteiger partial charge in [-0.15, -0.1) is 0 Å². The predicted octanol–water partition coefficient (Wildman–Crippen LogP) is 0.568. The van der Waals surface area contributed by atoms with E-state index >= 15 is 0 Å². The summed E-state index contributed by atoms with van der Waals surface area (Å²) < 4.78 is 0. The van der Waals surface area contributed by atoms with Crippen LogP contribution in [0.15, 0.2) is 12.3 Å². The van der Waals surface area contributed by atoms with Gasteiger partial charge in [-0.1, -0.05) is 0 Å². The van der Waals surface area contributed by atoms with Gasteiger partial charge in [0, 0.05) is 38.3 Å². The molecule has 1 N–H and O–H groups in total. The van der Waals surface area contributed by atoms with Crippen LogP contribution in [0, 0.1) is 0 Å². The van der Waals surface area contributed by atoms with E-state index in [9.17, 15) is 4.79 Å². The Morgan fingerprint density at radius 2 is 2.16 bits per heavy atom. The highest BCUT2D eigenvalue weighted by atomic mass is 16.2. The SMILES string of the molecule is O=C1NCCN1C1CN(c2ccnc(C3CC3)n2)C1. The number of rotatable bonds is 3. The lowest BCUT2D eigenvalue weighted by molar-refractivity contribution is 0.185. The van der Waals surface area contributed by atoms with E-state index in [0.29, 0.717) is 12.0 Å². The molecule has 0 radical (unpaired) electrons. The second-order valence-electron chi connectivity index (χ2n) is 5.53. The van der Waals surface area contributed by atoms with Crippen LogP contribution in [0.4, 0.5) is 10.6 Å². The summed E-state index contributed by atoms with van der Waals surface area (Å²) in [6.45, 7) is 3.37. The topological polar surface area (TPSA) is 61.4 Å². The summed E-state index contributed by atoms with van der Waals surface area (Å²) in [6.07, 6.45) is 4.30. The van der Waals surface area contributed by atoms with Crippen LogP contribution < -0.4 is 10.2 Å². The summed E-state index contributed by atoms with van der Waals surface area (Å²) in [6, 6.07) is 2.37. The zero-order valence-corrected chi connectivity index (χ0v) is 10.7. The second-order valence-corrected chi connectivity index (χ2v) is 5.53. The fourth-order valence-electron chi connectivity index (χ4n) is 2.75. The van der Waals surface area contributed by atoms with Crippen molar-refractivity contribution < 1.29 is 4.79 Å². The monoisotopic (exact) mass is 259 g/mol. The van der Waals surface area contributed by atoms with Crippen LogP contribution in [-0.4, -0.2) is 53.1 Å². The first kappa shape index (κ1) is 11.0. The number of urea groups is 1. The quantitative estimate of drug-likeness (QED) is 0.862. The molecule has 1 aromatic rings. The van der Waals surface area contributed by atoms with Crippen molar-refractivity contribution in [3.05, 3.63) is 18.1 Å². The van der Waals surface area contributed by atoms with Crippen LogP contribution in [-0.2, 0) is 0 Å². The Kier molecular flexibility index (Phi) is 2.36. The molecule has 0 bridgehead atoms. The Bertz CT molecular complexity index is 510. The minimum Gasteiger partial charge on any atom is -0.352 e. The van der Waals surface area contributed by atoms with Crippen LogP contribution in [0.3, 0.4) is 0 Å². The number of hydrogen-bond donors (Lipinski definition) is 1. The molecule has 3 aliphatic rings. The summed E-state index contributed by atoms with van der Waals surface area (Å²) in [4.78, 5) is 24.7. The lowest BCUT2D eigenvalue weighted by Crippen LogP contribution is -2.60. The third kappa shape index (κ3) is 1.91. The molecular weight excluding hydrogens is 242 g/mol. The molecule has 6 heteroatoms. The molecule has 100 valence electrons. The van der Waals surface area contributed by atoms with Crippen LogP contribution in [0.25, 0.3) is 0 Å². The summed E-state index contributed by atoms with van der Waals surface area (Å²) in [5.74, 6) is 2.58. The zero-order chi connectivity index (χ0) is 12.8. The number of amides is 2. The van der Waals surface area contributed by atoms with Crippen molar-refractivity contribution in [2.45, 2.75) is 24.8 Å². The van der Waals surface area contributed by atoms with Crippen molar-refractivity contribution in [3.8, 4) is 0 Å². The molecule has 2 saturated heterocycles. The zero-order valence-electron chi connectivity index (χ0n) is 10.7. The first-order valence-electron chi connectivity index (χ1n) is 6.93. The number of hydrogen-bond acceptors (Lipinski definition) is 4. The Hall–Kier alpha value is -1.85. The maximum atomic E-state index is 11.6. The molecule has 2 amide bonds. The molecule has 1 aromatic heterocycles. The Labute approximate surface area is 111 Å². The van der Waals surface area contributed by atoms with Gasteiger partial charge in [-0.3, -0.25) is 0 Å². The van der Waals surface area contributed by atoms with Gasteiger partial charge in [0.05, 0.1) is 6.04 Å². The van der Waals surface area contributed by atoms with Crippen molar-refractivity contribution in [2.24, 2.45) is 0 Å². The van der Waals surface area contributed by atoms with Crippen LogP contribution in [0.2, 0.25) is 0 Å². The lowest BCUT2D eigenvalue weighted by atomic mass is 10.1. The van der Waals surface area contributed by atoms with Crippen LogP contribution in [0.5, 0.6) is 0 Å². The largest absolute Gasteiger partial charge is 0.352 e. The van der Waals surface area contributed by atoms with Gasteiger partial charge >= 0.3 is 6.03 Å². The number of nitrogens with zero attached hydrogens (tertiary/aromatic N) is 4. The van der Waals surface area contributed by atoms with Crippen molar-refractivity contribution in [2.75, 3.05) is 31.1 Å². The summed E-state index contributed by atoms with van der Waals surface area (Å²) >= 11 is 0. The number of carbonyl (C=O) groups is 1. The number of aromatic nitrogens is 2. The minimum absolute atomic E-state index is 0.0750. The average Bonchev–Trinajstić information content (AvgIpc) is 3.13. The Morgan fingerprint density at radius 1 is 1.32 bits per heavy atom. The molecule has 1 saturated carbocycles. The van der Waals surface area contributed by atoms with E-state index < -0.39 is 0 Å². The average molecular weight is 259 g/mol. The van der Waals surface area contributed by atoms with E-state index in [1.807, 2.05) is 17.2 Å². The first-order chi connectivity index (χ1) is 9.31. The molecule has 0 unspecified atom stereocenters. The first-order valence-corrected chi connectivity index (χ1v) is 6.93. The molecule has 2 aliphatic heterocycles. The lowest BCUT2D eigenvalue weighted by Gasteiger charge is -2.44. The molecule has 19 heavy (non-hydrogen) atoms. The maximum Gasteiger partial charge on any atom is 0.317 e. The van der Waals surface area contributed by atoms with Gasteiger partial charge in [0.25, 0.3) is 0 Å². The van der Waals surface area contributed by atoms with E-state index in [-0.39, 0.29) is 6.03 Å². The van der Waals surface area contributed by atoms with E-state index in [2.05, 4.69) is 20.2 Å². The van der Waals surface area contributed by atoms with E-state index in [4.69, 9.17) is 0 Å². The maximum absolute atomic E-state index is 11.6. The van der Waals surface area contributed by atoms with Crippen molar-refractivity contribution in [1.29, 1.82) is 0 Å². The molecular formula is C13H17N5O. The molecule has 1 aliphatic carbocycles. The number of carbonyl (C=O) groups excluding carboxylic acids is 1. The van der Waals surface area contributed by atoms with Crippen LogP contribution >= 0.6 is 0 Å². The van der Waals surface area contributed by atoms with Crippen molar-refractivity contribution >= 4 is 11.8 Å². The summed E-state index contributed by atoms with van der Waals surface area (Å²) in [7, 11) is 0. The molecule has 6 nitrogen and oxygen atoms in total. The second kappa shape index (κ2) is 4.08. The number of anilines is 1. The standard InChI is InChI=1S/C13H17N5O/c19-13-15-5-6-18(13)10-7-17(8-10)11-3-4-14-12(16-11)9-1-2-9/h3-4,9-10H,1-2,5-8H2,(H,15,19). The Morgan fingerprint density at radius 3 is 2.84 bits per heavy atom. The summed E-state index contributed by atoms with van der Waals surface area (Å²) in [5, 5.41) is 2.85. The smallest absolute Gasteiger partial charge is 0.317 e. The highest BCUT2D eigenvalue weighted by molar-refractivity contribution is 5.77. The molecule has 0 spiro atoms. The predicted molar refractivity (Wildman–Crippen MR) is 70.1 cm³/mol. The fraction of sp³-hybridized carbons (Fsp3) is 0.615.